The third kappa shape index (κ3) is 2.99. The second-order valence-electron chi connectivity index (χ2n) is 6.55. The summed E-state index contributed by atoms with van der Waals surface area (Å²) in [5.74, 6) is 3.38. The molecule has 3 unspecified atom stereocenters. The van der Waals surface area contributed by atoms with E-state index in [2.05, 4.69) is 37.4 Å². The second kappa shape index (κ2) is 5.50. The van der Waals surface area contributed by atoms with Gasteiger partial charge in [-0.3, -0.25) is 4.90 Å². The van der Waals surface area contributed by atoms with Crippen LogP contribution in [0.1, 0.15) is 40.0 Å². The summed E-state index contributed by atoms with van der Waals surface area (Å²) in [6, 6.07) is 1.51. The summed E-state index contributed by atoms with van der Waals surface area (Å²) >= 11 is 2.14. The van der Waals surface area contributed by atoms with Gasteiger partial charge in [0.2, 0.25) is 0 Å². The molecule has 0 saturated carbocycles. The van der Waals surface area contributed by atoms with Crippen LogP contribution in [0.3, 0.4) is 0 Å². The number of nitrogens with two attached hydrogens (primary N) is 1. The van der Waals surface area contributed by atoms with Crippen molar-refractivity contribution in [2.45, 2.75) is 52.1 Å². The highest BCUT2D eigenvalue weighted by atomic mass is 32.2. The summed E-state index contributed by atoms with van der Waals surface area (Å²) < 4.78 is 0. The van der Waals surface area contributed by atoms with Crippen LogP contribution in [0.15, 0.2) is 0 Å². The van der Waals surface area contributed by atoms with E-state index in [1.165, 1.54) is 37.3 Å². The van der Waals surface area contributed by atoms with Crippen LogP contribution in [0.5, 0.6) is 0 Å². The fourth-order valence-corrected chi connectivity index (χ4v) is 5.01. The quantitative estimate of drug-likeness (QED) is 0.823. The predicted octanol–water partition coefficient (Wildman–Crippen LogP) is 2.58. The maximum atomic E-state index is 5.88. The minimum Gasteiger partial charge on any atom is -0.330 e. The molecule has 2 heterocycles. The summed E-state index contributed by atoms with van der Waals surface area (Å²) in [6.45, 7) is 9.41. The highest BCUT2D eigenvalue weighted by Crippen LogP contribution is 2.40. The largest absolute Gasteiger partial charge is 0.330 e. The predicted molar refractivity (Wildman–Crippen MR) is 77.5 cm³/mol. The van der Waals surface area contributed by atoms with Gasteiger partial charge in [-0.05, 0) is 49.8 Å². The van der Waals surface area contributed by atoms with Crippen LogP contribution in [-0.4, -0.2) is 41.6 Å². The van der Waals surface area contributed by atoms with Crippen LogP contribution >= 0.6 is 11.8 Å². The molecule has 3 heteroatoms. The van der Waals surface area contributed by atoms with Crippen molar-refractivity contribution in [1.29, 1.82) is 0 Å². The summed E-state index contributed by atoms with van der Waals surface area (Å²) in [5.41, 5.74) is 6.36. The van der Waals surface area contributed by atoms with E-state index < -0.39 is 0 Å². The molecule has 0 bridgehead atoms. The lowest BCUT2D eigenvalue weighted by Crippen LogP contribution is -2.56. The number of thioether (sulfide) groups is 1. The molecule has 17 heavy (non-hydrogen) atoms. The van der Waals surface area contributed by atoms with Gasteiger partial charge in [-0.2, -0.15) is 11.8 Å². The summed E-state index contributed by atoms with van der Waals surface area (Å²) in [6.07, 6.45) is 4.02. The first-order chi connectivity index (χ1) is 8.04. The number of rotatable bonds is 2. The van der Waals surface area contributed by atoms with Crippen molar-refractivity contribution in [3.63, 3.8) is 0 Å². The Bertz CT molecular complexity index is 255. The van der Waals surface area contributed by atoms with Crippen LogP contribution in [-0.2, 0) is 0 Å². The van der Waals surface area contributed by atoms with E-state index in [1.807, 2.05) is 0 Å². The Morgan fingerprint density at radius 1 is 1.35 bits per heavy atom. The van der Waals surface area contributed by atoms with Crippen LogP contribution in [0.2, 0.25) is 0 Å². The van der Waals surface area contributed by atoms with Gasteiger partial charge in [-0.1, -0.05) is 13.8 Å². The van der Waals surface area contributed by atoms with Crippen LogP contribution in [0.25, 0.3) is 0 Å². The normalized spacial score (nSPS) is 39.2. The number of piperidine rings is 1. The Morgan fingerprint density at radius 3 is 2.76 bits per heavy atom. The van der Waals surface area contributed by atoms with Gasteiger partial charge < -0.3 is 5.73 Å². The zero-order chi connectivity index (χ0) is 12.5. The lowest BCUT2D eigenvalue weighted by Gasteiger charge is -2.50. The van der Waals surface area contributed by atoms with E-state index in [1.54, 1.807) is 0 Å². The van der Waals surface area contributed by atoms with Gasteiger partial charge in [0.1, 0.15) is 0 Å². The number of likely N-dealkylation sites (tertiary alicyclic amines) is 1. The van der Waals surface area contributed by atoms with E-state index in [0.717, 1.165) is 24.5 Å². The summed E-state index contributed by atoms with van der Waals surface area (Å²) in [4.78, 5) is 2.77. The topological polar surface area (TPSA) is 29.3 Å². The lowest BCUT2D eigenvalue weighted by molar-refractivity contribution is 0.0223. The molecule has 2 fully saturated rings. The van der Waals surface area contributed by atoms with Crippen molar-refractivity contribution in [2.24, 2.45) is 17.1 Å². The first-order valence-electron chi connectivity index (χ1n) is 7.08. The highest BCUT2D eigenvalue weighted by Gasteiger charge is 2.40. The minimum absolute atomic E-state index is 0.482. The van der Waals surface area contributed by atoms with Crippen LogP contribution in [0.4, 0.5) is 0 Å². The van der Waals surface area contributed by atoms with Crippen molar-refractivity contribution in [2.75, 3.05) is 24.6 Å². The van der Waals surface area contributed by atoms with Crippen molar-refractivity contribution >= 4 is 11.8 Å². The SMILES string of the molecule is CC1CCC(CN)CN1C1CSCCC1(C)C. The third-order valence-electron chi connectivity index (χ3n) is 4.83. The number of hydrogen-bond acceptors (Lipinski definition) is 3. The lowest BCUT2D eigenvalue weighted by atomic mass is 9.79. The Kier molecular flexibility index (Phi) is 4.43. The van der Waals surface area contributed by atoms with E-state index in [-0.39, 0.29) is 0 Å². The maximum absolute atomic E-state index is 5.88. The zero-order valence-corrected chi connectivity index (χ0v) is 12.4. The second-order valence-corrected chi connectivity index (χ2v) is 7.70. The van der Waals surface area contributed by atoms with E-state index >= 15 is 0 Å². The van der Waals surface area contributed by atoms with Gasteiger partial charge in [-0.25, -0.2) is 0 Å². The van der Waals surface area contributed by atoms with Gasteiger partial charge in [0.25, 0.3) is 0 Å². The molecule has 0 radical (unpaired) electrons. The molecule has 2 saturated heterocycles. The zero-order valence-electron chi connectivity index (χ0n) is 11.6. The fourth-order valence-electron chi connectivity index (χ4n) is 3.31. The molecule has 2 aliphatic heterocycles. The fraction of sp³-hybridized carbons (Fsp3) is 1.00. The average molecular weight is 256 g/mol. The molecular formula is C14H28N2S. The Hall–Kier alpha value is 0.270. The van der Waals surface area contributed by atoms with Crippen LogP contribution < -0.4 is 5.73 Å². The Balaban J connectivity index is 2.07. The smallest absolute Gasteiger partial charge is 0.0240 e. The average Bonchev–Trinajstić information content (AvgIpc) is 2.30. The Labute approximate surface area is 111 Å². The van der Waals surface area contributed by atoms with Crippen molar-refractivity contribution in [3.05, 3.63) is 0 Å². The first kappa shape index (κ1) is 13.7. The third-order valence-corrected chi connectivity index (χ3v) is 5.87. The van der Waals surface area contributed by atoms with Crippen LogP contribution in [0, 0.1) is 11.3 Å². The van der Waals surface area contributed by atoms with Crippen molar-refractivity contribution in [1.82, 2.24) is 4.90 Å². The molecular weight excluding hydrogens is 228 g/mol. The first-order valence-corrected chi connectivity index (χ1v) is 8.23. The highest BCUT2D eigenvalue weighted by molar-refractivity contribution is 7.99. The molecule has 0 aromatic carbocycles. The van der Waals surface area contributed by atoms with E-state index in [0.29, 0.717) is 5.41 Å². The number of hydrogen-bond donors (Lipinski definition) is 1. The minimum atomic E-state index is 0.482. The van der Waals surface area contributed by atoms with Gasteiger partial charge in [-0.15, -0.1) is 0 Å². The standard InChI is InChI=1S/C14H28N2S/c1-11-4-5-12(8-15)9-16(11)13-10-17-7-6-14(13,2)3/h11-13H,4-10,15H2,1-3H3. The molecule has 0 amide bonds. The molecule has 100 valence electrons. The molecule has 3 atom stereocenters. The monoisotopic (exact) mass is 256 g/mol. The van der Waals surface area contributed by atoms with Crippen molar-refractivity contribution < 1.29 is 0 Å². The van der Waals surface area contributed by atoms with E-state index in [9.17, 15) is 0 Å². The van der Waals surface area contributed by atoms with Crippen molar-refractivity contribution in [3.8, 4) is 0 Å². The molecule has 2 nitrogen and oxygen atoms in total. The molecule has 2 N–H and O–H groups in total. The molecule has 0 spiro atoms. The van der Waals surface area contributed by atoms with Gasteiger partial charge in [0.05, 0.1) is 0 Å². The maximum Gasteiger partial charge on any atom is 0.0240 e. The molecule has 0 aliphatic carbocycles. The molecule has 2 rings (SSSR count). The Morgan fingerprint density at radius 2 is 2.12 bits per heavy atom. The summed E-state index contributed by atoms with van der Waals surface area (Å²) in [5, 5.41) is 0. The van der Waals surface area contributed by atoms with E-state index in [4.69, 9.17) is 5.73 Å². The molecule has 0 aromatic rings. The summed E-state index contributed by atoms with van der Waals surface area (Å²) in [7, 11) is 0. The van der Waals surface area contributed by atoms with Gasteiger partial charge in [0.15, 0.2) is 0 Å². The molecule has 0 aromatic heterocycles. The van der Waals surface area contributed by atoms with Gasteiger partial charge in [0, 0.05) is 24.4 Å². The molecule has 2 aliphatic rings. The van der Waals surface area contributed by atoms with Gasteiger partial charge >= 0.3 is 0 Å². The number of nitrogens with zero attached hydrogens (tertiary/aromatic N) is 1.